The van der Waals surface area contributed by atoms with Crippen LogP contribution in [-0.2, 0) is 4.79 Å². The average Bonchev–Trinajstić information content (AvgIpc) is 2.87. The lowest BCUT2D eigenvalue weighted by Crippen LogP contribution is -2.45. The number of aliphatic hydroxyl groups is 1. The molecule has 1 aromatic heterocycles. The van der Waals surface area contributed by atoms with E-state index in [0.717, 1.165) is 48.1 Å². The van der Waals surface area contributed by atoms with Crippen molar-refractivity contribution in [2.75, 3.05) is 38.6 Å². The van der Waals surface area contributed by atoms with Gasteiger partial charge in [-0.1, -0.05) is 12.1 Å². The molecule has 4 rings (SSSR count). The maximum atomic E-state index is 12.3. The number of methoxy groups -OCH3 is 1. The van der Waals surface area contributed by atoms with Crippen molar-refractivity contribution in [2.45, 2.75) is 25.0 Å². The van der Waals surface area contributed by atoms with E-state index in [9.17, 15) is 20.0 Å². The zero-order chi connectivity index (χ0) is 24.8. The van der Waals surface area contributed by atoms with Gasteiger partial charge in [0, 0.05) is 30.2 Å². The molecule has 3 aromatic rings. The van der Waals surface area contributed by atoms with E-state index in [1.807, 2.05) is 24.3 Å². The van der Waals surface area contributed by atoms with Gasteiger partial charge in [0.25, 0.3) is 5.69 Å². The predicted octanol–water partition coefficient (Wildman–Crippen LogP) is 2.88. The molecule has 0 radical (unpaired) electrons. The first-order chi connectivity index (χ1) is 16.9. The van der Waals surface area contributed by atoms with Gasteiger partial charge in [-0.05, 0) is 61.8 Å². The van der Waals surface area contributed by atoms with Gasteiger partial charge >= 0.3 is 0 Å². The van der Waals surface area contributed by atoms with Crippen molar-refractivity contribution in [1.82, 2.24) is 15.2 Å². The van der Waals surface area contributed by atoms with Crippen LogP contribution in [-0.4, -0.2) is 65.2 Å². The van der Waals surface area contributed by atoms with Crippen LogP contribution in [0.1, 0.15) is 24.5 Å². The summed E-state index contributed by atoms with van der Waals surface area (Å²) in [5.74, 6) is 0.397. The Balaban J connectivity index is 1.26. The second kappa shape index (κ2) is 11.2. The number of hydrogen-bond acceptors (Lipinski definition) is 8. The number of fused-ring (bicyclic) bond motifs is 1. The lowest BCUT2D eigenvalue weighted by atomic mass is 10.0. The number of amides is 1. The highest BCUT2D eigenvalue weighted by Gasteiger charge is 2.23. The quantitative estimate of drug-likeness (QED) is 0.316. The van der Waals surface area contributed by atoms with Crippen molar-refractivity contribution in [3.63, 3.8) is 0 Å². The van der Waals surface area contributed by atoms with Gasteiger partial charge in [-0.2, -0.15) is 0 Å². The van der Waals surface area contributed by atoms with Crippen LogP contribution in [0.4, 0.5) is 11.4 Å². The summed E-state index contributed by atoms with van der Waals surface area (Å²) in [7, 11) is 1.61. The topological polar surface area (TPSA) is 130 Å². The summed E-state index contributed by atoms with van der Waals surface area (Å²) in [6, 6.07) is 13.7. The fourth-order valence-electron chi connectivity index (χ4n) is 4.40. The van der Waals surface area contributed by atoms with Gasteiger partial charge in [0.1, 0.15) is 11.4 Å². The molecule has 0 saturated carbocycles. The van der Waals surface area contributed by atoms with Crippen molar-refractivity contribution in [3.05, 3.63) is 70.4 Å². The van der Waals surface area contributed by atoms with Gasteiger partial charge in [-0.25, -0.2) is 0 Å². The van der Waals surface area contributed by atoms with Crippen LogP contribution < -0.4 is 15.4 Å². The third-order valence-electron chi connectivity index (χ3n) is 6.29. The molecule has 35 heavy (non-hydrogen) atoms. The molecule has 3 N–H and O–H groups in total. The number of carbonyl (C=O) groups excluding carboxylic acids is 1. The van der Waals surface area contributed by atoms with Crippen LogP contribution in [0.25, 0.3) is 10.9 Å². The monoisotopic (exact) mass is 479 g/mol. The Morgan fingerprint density at radius 3 is 2.77 bits per heavy atom. The SMILES string of the molecule is COc1ccc2nccc([C@@H](O)CN3CCC(NCC(=O)Nc4ccccc4[N+](=O)[O-])CC3)c2c1. The number of hydrogen-bond donors (Lipinski definition) is 3. The summed E-state index contributed by atoms with van der Waals surface area (Å²) in [6.07, 6.45) is 2.70. The van der Waals surface area contributed by atoms with Crippen molar-refractivity contribution < 1.29 is 19.6 Å². The maximum absolute atomic E-state index is 12.3. The van der Waals surface area contributed by atoms with Crippen molar-refractivity contribution >= 4 is 28.2 Å². The molecule has 2 heterocycles. The van der Waals surface area contributed by atoms with E-state index in [0.29, 0.717) is 6.54 Å². The zero-order valence-electron chi connectivity index (χ0n) is 19.5. The van der Waals surface area contributed by atoms with E-state index < -0.39 is 11.0 Å². The number of nitro groups is 1. The highest BCUT2D eigenvalue weighted by Crippen LogP contribution is 2.28. The summed E-state index contributed by atoms with van der Waals surface area (Å²) in [6.45, 7) is 2.14. The number of nitro benzene ring substituents is 1. The molecule has 0 bridgehead atoms. The third kappa shape index (κ3) is 6.10. The van der Waals surface area contributed by atoms with Crippen LogP contribution in [0.2, 0.25) is 0 Å². The Labute approximate surface area is 203 Å². The molecule has 2 aromatic carbocycles. The number of β-amino-alcohol motifs (C(OH)–C–C–N with tert-alkyl or cyclic N) is 1. The van der Waals surface area contributed by atoms with E-state index in [4.69, 9.17) is 4.74 Å². The van der Waals surface area contributed by atoms with Crippen LogP contribution in [0.3, 0.4) is 0 Å². The normalized spacial score (nSPS) is 15.6. The van der Waals surface area contributed by atoms with Crippen LogP contribution >= 0.6 is 0 Å². The number of nitrogens with one attached hydrogen (secondary N) is 2. The van der Waals surface area contributed by atoms with Crippen LogP contribution in [0, 0.1) is 10.1 Å². The molecule has 1 fully saturated rings. The Morgan fingerprint density at radius 2 is 2.03 bits per heavy atom. The van der Waals surface area contributed by atoms with Crippen LogP contribution in [0.5, 0.6) is 5.75 Å². The van der Waals surface area contributed by atoms with E-state index in [-0.39, 0.29) is 29.9 Å². The number of aliphatic hydroxyl groups excluding tert-OH is 1. The van der Waals surface area contributed by atoms with E-state index in [2.05, 4.69) is 20.5 Å². The molecule has 1 saturated heterocycles. The number of nitrogens with zero attached hydrogens (tertiary/aromatic N) is 3. The first kappa shape index (κ1) is 24.5. The Morgan fingerprint density at radius 1 is 1.26 bits per heavy atom. The van der Waals surface area contributed by atoms with Gasteiger partial charge in [0.05, 0.1) is 30.2 Å². The van der Waals surface area contributed by atoms with Crippen molar-refractivity contribution in [2.24, 2.45) is 0 Å². The minimum absolute atomic E-state index is 0.0736. The molecule has 1 amide bonds. The molecule has 10 heteroatoms. The van der Waals surface area contributed by atoms with Gasteiger partial charge in [0.2, 0.25) is 5.91 Å². The lowest BCUT2D eigenvalue weighted by molar-refractivity contribution is -0.383. The maximum Gasteiger partial charge on any atom is 0.292 e. The summed E-state index contributed by atoms with van der Waals surface area (Å²) in [5, 5.41) is 28.8. The average molecular weight is 480 g/mol. The highest BCUT2D eigenvalue weighted by atomic mass is 16.6. The molecule has 0 unspecified atom stereocenters. The smallest absolute Gasteiger partial charge is 0.292 e. The molecule has 0 spiro atoms. The number of carbonyl (C=O) groups is 1. The van der Waals surface area contributed by atoms with Crippen molar-refractivity contribution in [1.29, 1.82) is 0 Å². The minimum atomic E-state index is -0.662. The number of likely N-dealkylation sites (tertiary alicyclic amines) is 1. The summed E-state index contributed by atoms with van der Waals surface area (Å²) in [4.78, 5) is 29.5. The molecule has 0 aliphatic carbocycles. The molecular formula is C25H29N5O5. The largest absolute Gasteiger partial charge is 0.497 e. The number of anilines is 1. The van der Waals surface area contributed by atoms with Gasteiger partial charge < -0.3 is 25.4 Å². The first-order valence-electron chi connectivity index (χ1n) is 11.5. The summed E-state index contributed by atoms with van der Waals surface area (Å²) < 4.78 is 5.32. The Kier molecular flexibility index (Phi) is 7.86. The molecular weight excluding hydrogens is 450 g/mol. The number of ether oxygens (including phenoxy) is 1. The number of benzene rings is 2. The number of rotatable bonds is 9. The molecule has 1 aliphatic heterocycles. The molecule has 184 valence electrons. The standard InChI is InChI=1S/C25H29N5O5/c1-35-18-6-7-21-20(14-18)19(8-11-26-21)24(31)16-29-12-9-17(10-13-29)27-15-25(32)28-22-4-2-3-5-23(22)30(33)34/h2-8,11,14,17,24,27,31H,9-10,12-13,15-16H2,1H3,(H,28,32)/t24-/m0/s1. The van der Waals surface area contributed by atoms with E-state index in [1.165, 1.54) is 12.1 Å². The van der Waals surface area contributed by atoms with Gasteiger partial charge in [-0.15, -0.1) is 0 Å². The van der Waals surface area contributed by atoms with E-state index >= 15 is 0 Å². The summed E-state index contributed by atoms with van der Waals surface area (Å²) in [5.41, 5.74) is 1.69. The second-order valence-electron chi connectivity index (χ2n) is 8.58. The molecule has 1 atom stereocenters. The third-order valence-corrected chi connectivity index (χ3v) is 6.29. The van der Waals surface area contributed by atoms with E-state index in [1.54, 1.807) is 25.4 Å². The first-order valence-corrected chi connectivity index (χ1v) is 11.5. The number of para-hydroxylation sites is 2. The minimum Gasteiger partial charge on any atom is -0.497 e. The molecule has 10 nitrogen and oxygen atoms in total. The summed E-state index contributed by atoms with van der Waals surface area (Å²) >= 11 is 0. The Bertz CT molecular complexity index is 1200. The predicted molar refractivity (Wildman–Crippen MR) is 132 cm³/mol. The number of aromatic nitrogens is 1. The lowest BCUT2D eigenvalue weighted by Gasteiger charge is -2.33. The van der Waals surface area contributed by atoms with Gasteiger partial charge in [0.15, 0.2) is 0 Å². The fraction of sp³-hybridized carbons (Fsp3) is 0.360. The van der Waals surface area contributed by atoms with Crippen LogP contribution in [0.15, 0.2) is 54.7 Å². The molecule has 1 aliphatic rings. The zero-order valence-corrected chi connectivity index (χ0v) is 19.5. The Hall–Kier alpha value is -3.60. The van der Waals surface area contributed by atoms with Gasteiger partial charge in [-0.3, -0.25) is 19.9 Å². The highest BCUT2D eigenvalue weighted by molar-refractivity contribution is 5.94. The van der Waals surface area contributed by atoms with Crippen molar-refractivity contribution in [3.8, 4) is 5.75 Å². The fourth-order valence-corrected chi connectivity index (χ4v) is 4.40. The number of pyridine rings is 1. The number of piperidine rings is 1. The second-order valence-corrected chi connectivity index (χ2v) is 8.58.